The van der Waals surface area contributed by atoms with Gasteiger partial charge in [0.2, 0.25) is 10.0 Å². The van der Waals surface area contributed by atoms with Gasteiger partial charge < -0.3 is 0 Å². The zero-order chi connectivity index (χ0) is 21.5. The number of aromatic nitrogens is 3. The molecule has 30 heavy (non-hydrogen) atoms. The Hall–Kier alpha value is -2.71. The Morgan fingerprint density at radius 1 is 1.03 bits per heavy atom. The summed E-state index contributed by atoms with van der Waals surface area (Å²) in [5.74, 6) is 0.447. The molecule has 0 radical (unpaired) electrons. The molecule has 0 N–H and O–H groups in total. The first-order chi connectivity index (χ1) is 14.3. The summed E-state index contributed by atoms with van der Waals surface area (Å²) in [5, 5.41) is 4.47. The number of piperidine rings is 1. The maximum absolute atomic E-state index is 13.3. The van der Waals surface area contributed by atoms with Gasteiger partial charge in [-0.05, 0) is 62.1 Å². The third-order valence-corrected chi connectivity index (χ3v) is 7.69. The lowest BCUT2D eigenvalue weighted by atomic mass is 9.98. The van der Waals surface area contributed by atoms with Crippen LogP contribution in [0.4, 0.5) is 0 Å². The van der Waals surface area contributed by atoms with E-state index in [9.17, 15) is 13.2 Å². The van der Waals surface area contributed by atoms with Gasteiger partial charge in [0.05, 0.1) is 10.6 Å². The molecule has 1 aliphatic heterocycles. The van der Waals surface area contributed by atoms with E-state index in [1.54, 1.807) is 23.7 Å². The van der Waals surface area contributed by atoms with E-state index in [2.05, 4.69) is 5.10 Å². The number of hydrogen-bond donors (Lipinski definition) is 0. The second-order valence-corrected chi connectivity index (χ2v) is 9.82. The van der Waals surface area contributed by atoms with Crippen LogP contribution >= 0.6 is 0 Å². The van der Waals surface area contributed by atoms with E-state index in [0.29, 0.717) is 30.2 Å². The van der Waals surface area contributed by atoms with E-state index in [1.807, 2.05) is 50.2 Å². The highest BCUT2D eigenvalue weighted by molar-refractivity contribution is 7.89. The predicted molar refractivity (Wildman–Crippen MR) is 115 cm³/mol. The molecular weight excluding hydrogens is 400 g/mol. The number of aryl methyl sites for hydroxylation is 3. The zero-order valence-electron chi connectivity index (χ0n) is 17.4. The quantitative estimate of drug-likeness (QED) is 0.643. The Kier molecular flexibility index (Phi) is 5.38. The molecule has 0 saturated carbocycles. The first-order valence-electron chi connectivity index (χ1n) is 10.1. The summed E-state index contributed by atoms with van der Waals surface area (Å²) in [6, 6.07) is 14.6. The Morgan fingerprint density at radius 2 is 1.77 bits per heavy atom. The van der Waals surface area contributed by atoms with Crippen molar-refractivity contribution < 1.29 is 8.42 Å². The number of benzene rings is 2. The standard InChI is InChI=1S/C22H26N4O3S/c1-16-11-12-20(14-17(16)2)30(28,29)25-13-7-8-18(15-25)21-23-24(3)22(27)26(21)19-9-5-4-6-10-19/h4-6,9-12,14,18H,7-8,13,15H2,1-3H3. The lowest BCUT2D eigenvalue weighted by Crippen LogP contribution is -2.40. The Balaban J connectivity index is 1.69. The van der Waals surface area contributed by atoms with Crippen molar-refractivity contribution in [3.05, 3.63) is 76.0 Å². The highest BCUT2D eigenvalue weighted by Crippen LogP contribution is 2.30. The lowest BCUT2D eigenvalue weighted by molar-refractivity contribution is 0.307. The number of nitrogens with zero attached hydrogens (tertiary/aromatic N) is 4. The van der Waals surface area contributed by atoms with Crippen molar-refractivity contribution in [1.29, 1.82) is 0 Å². The maximum Gasteiger partial charge on any atom is 0.350 e. The molecule has 0 aliphatic carbocycles. The fourth-order valence-electron chi connectivity index (χ4n) is 3.96. The minimum atomic E-state index is -3.61. The van der Waals surface area contributed by atoms with Crippen LogP contribution in [0.1, 0.15) is 35.7 Å². The third-order valence-electron chi connectivity index (χ3n) is 5.83. The smallest absolute Gasteiger partial charge is 0.247 e. The van der Waals surface area contributed by atoms with Crippen LogP contribution in [0.5, 0.6) is 0 Å². The molecule has 8 heteroatoms. The monoisotopic (exact) mass is 426 g/mol. The van der Waals surface area contributed by atoms with Crippen LogP contribution in [0.15, 0.2) is 58.2 Å². The van der Waals surface area contributed by atoms with Crippen molar-refractivity contribution in [1.82, 2.24) is 18.7 Å². The molecular formula is C22H26N4O3S. The van der Waals surface area contributed by atoms with Crippen LogP contribution in [0.25, 0.3) is 5.69 Å². The second-order valence-electron chi connectivity index (χ2n) is 7.88. The second kappa shape index (κ2) is 7.85. The van der Waals surface area contributed by atoms with Gasteiger partial charge in [-0.2, -0.15) is 9.40 Å². The largest absolute Gasteiger partial charge is 0.350 e. The molecule has 1 atom stereocenters. The minimum absolute atomic E-state index is 0.158. The fraction of sp³-hybridized carbons (Fsp3) is 0.364. The van der Waals surface area contributed by atoms with Gasteiger partial charge in [-0.1, -0.05) is 24.3 Å². The molecule has 1 unspecified atom stereocenters. The van der Waals surface area contributed by atoms with Gasteiger partial charge in [-0.25, -0.2) is 22.5 Å². The SMILES string of the molecule is Cc1ccc(S(=O)(=O)N2CCCC(c3nn(C)c(=O)n3-c3ccccc3)C2)cc1C. The number of rotatable bonds is 4. The van der Waals surface area contributed by atoms with E-state index in [4.69, 9.17) is 0 Å². The van der Waals surface area contributed by atoms with Crippen LogP contribution in [0.2, 0.25) is 0 Å². The summed E-state index contributed by atoms with van der Waals surface area (Å²) in [4.78, 5) is 13.0. The lowest BCUT2D eigenvalue weighted by Gasteiger charge is -2.31. The van der Waals surface area contributed by atoms with Crippen molar-refractivity contribution in [3.63, 3.8) is 0 Å². The zero-order valence-corrected chi connectivity index (χ0v) is 18.3. The van der Waals surface area contributed by atoms with Crippen LogP contribution < -0.4 is 5.69 Å². The van der Waals surface area contributed by atoms with E-state index < -0.39 is 10.0 Å². The summed E-state index contributed by atoms with van der Waals surface area (Å²) >= 11 is 0. The molecule has 0 spiro atoms. The first-order valence-corrected chi connectivity index (χ1v) is 11.5. The summed E-state index contributed by atoms with van der Waals surface area (Å²) < 4.78 is 31.0. The van der Waals surface area contributed by atoms with Crippen molar-refractivity contribution in [3.8, 4) is 5.69 Å². The molecule has 1 saturated heterocycles. The Morgan fingerprint density at radius 3 is 2.47 bits per heavy atom. The molecule has 2 aromatic carbocycles. The normalized spacial score (nSPS) is 17.9. The van der Waals surface area contributed by atoms with E-state index >= 15 is 0 Å². The molecule has 1 aromatic heterocycles. The van der Waals surface area contributed by atoms with E-state index in [0.717, 1.165) is 23.2 Å². The van der Waals surface area contributed by atoms with Gasteiger partial charge in [0, 0.05) is 26.1 Å². The van der Waals surface area contributed by atoms with Crippen molar-refractivity contribution >= 4 is 10.0 Å². The van der Waals surface area contributed by atoms with Gasteiger partial charge in [0.15, 0.2) is 0 Å². The molecule has 7 nitrogen and oxygen atoms in total. The highest BCUT2D eigenvalue weighted by atomic mass is 32.2. The topological polar surface area (TPSA) is 77.2 Å². The van der Waals surface area contributed by atoms with Crippen LogP contribution in [0, 0.1) is 13.8 Å². The molecule has 1 fully saturated rings. The molecule has 2 heterocycles. The maximum atomic E-state index is 13.3. The van der Waals surface area contributed by atoms with Gasteiger partial charge in [-0.3, -0.25) is 0 Å². The van der Waals surface area contributed by atoms with Gasteiger partial charge >= 0.3 is 5.69 Å². The van der Waals surface area contributed by atoms with Gasteiger partial charge in [-0.15, -0.1) is 0 Å². The minimum Gasteiger partial charge on any atom is -0.247 e. The van der Waals surface area contributed by atoms with E-state index in [1.165, 1.54) is 8.99 Å². The molecule has 4 rings (SSSR count). The summed E-state index contributed by atoms with van der Waals surface area (Å²) in [5.41, 5.74) is 2.52. The van der Waals surface area contributed by atoms with Gasteiger partial charge in [0.1, 0.15) is 5.82 Å². The fourth-order valence-corrected chi connectivity index (χ4v) is 5.57. The number of hydrogen-bond acceptors (Lipinski definition) is 4. The summed E-state index contributed by atoms with van der Waals surface area (Å²) in [7, 11) is -1.99. The average Bonchev–Trinajstić information content (AvgIpc) is 3.05. The Labute approximate surface area is 176 Å². The van der Waals surface area contributed by atoms with Crippen molar-refractivity contribution in [2.24, 2.45) is 7.05 Å². The number of para-hydroxylation sites is 1. The molecule has 158 valence electrons. The predicted octanol–water partition coefficient (Wildman–Crippen LogP) is 2.76. The van der Waals surface area contributed by atoms with Crippen LogP contribution in [0.3, 0.4) is 0 Å². The van der Waals surface area contributed by atoms with Crippen LogP contribution in [-0.4, -0.2) is 40.2 Å². The third kappa shape index (κ3) is 3.61. The summed E-state index contributed by atoms with van der Waals surface area (Å²) in [6.07, 6.45) is 1.50. The average molecular weight is 427 g/mol. The van der Waals surface area contributed by atoms with Crippen molar-refractivity contribution in [2.75, 3.05) is 13.1 Å². The molecule has 0 bridgehead atoms. The first kappa shape index (κ1) is 20.6. The van der Waals surface area contributed by atoms with Crippen molar-refractivity contribution in [2.45, 2.75) is 37.5 Å². The molecule has 3 aromatic rings. The van der Waals surface area contributed by atoms with Crippen LogP contribution in [-0.2, 0) is 17.1 Å². The Bertz CT molecular complexity index is 1230. The highest BCUT2D eigenvalue weighted by Gasteiger charge is 2.34. The molecule has 0 amide bonds. The number of sulfonamides is 1. The molecule has 1 aliphatic rings. The van der Waals surface area contributed by atoms with E-state index in [-0.39, 0.29) is 11.6 Å². The summed E-state index contributed by atoms with van der Waals surface area (Å²) in [6.45, 7) is 4.65. The van der Waals surface area contributed by atoms with Gasteiger partial charge in [0.25, 0.3) is 0 Å².